The average molecular weight is 375 g/mol. The van der Waals surface area contributed by atoms with E-state index in [2.05, 4.69) is 20.0 Å². The molecule has 136 valence electrons. The van der Waals surface area contributed by atoms with Gasteiger partial charge < -0.3 is 19.3 Å². The molecule has 8 heteroatoms. The zero-order valence-electron chi connectivity index (χ0n) is 14.5. The number of benzene rings is 1. The highest BCUT2D eigenvalue weighted by atomic mass is 35.5. The highest BCUT2D eigenvalue weighted by Crippen LogP contribution is 2.41. The van der Waals surface area contributed by atoms with Gasteiger partial charge in [0, 0.05) is 31.0 Å². The Morgan fingerprint density at radius 1 is 1.27 bits per heavy atom. The first kappa shape index (κ1) is 17.2. The molecule has 1 aliphatic heterocycles. The van der Waals surface area contributed by atoms with Crippen molar-refractivity contribution in [1.82, 2.24) is 15.1 Å². The van der Waals surface area contributed by atoms with Crippen LogP contribution in [0.5, 0.6) is 0 Å². The van der Waals surface area contributed by atoms with Crippen LogP contribution >= 0.6 is 11.6 Å². The Morgan fingerprint density at radius 2 is 2.04 bits per heavy atom. The summed E-state index contributed by atoms with van der Waals surface area (Å²) in [6.07, 6.45) is 4.94. The number of aliphatic hydroxyl groups is 1. The standard InChI is InChI=1S/C18H19ClN4O3/c1-10-7-23(8-11(2)25-10)17-12(9-24)5-13-16(14-6-20-3-4-21-14)22-26-18(13)15(17)19/h3-6,10-11,24H,7-9H2,1-2H3. The molecule has 1 N–H and O–H groups in total. The lowest BCUT2D eigenvalue weighted by Crippen LogP contribution is -2.46. The zero-order chi connectivity index (χ0) is 18.3. The van der Waals surface area contributed by atoms with Gasteiger partial charge in [0.05, 0.1) is 36.1 Å². The molecule has 3 heterocycles. The van der Waals surface area contributed by atoms with Gasteiger partial charge in [0.1, 0.15) is 16.4 Å². The lowest BCUT2D eigenvalue weighted by Gasteiger charge is -2.38. The molecule has 0 radical (unpaired) electrons. The van der Waals surface area contributed by atoms with Crippen molar-refractivity contribution in [2.24, 2.45) is 0 Å². The summed E-state index contributed by atoms with van der Waals surface area (Å²) in [7, 11) is 0. The number of halogens is 1. The van der Waals surface area contributed by atoms with Gasteiger partial charge in [-0.05, 0) is 19.9 Å². The number of aliphatic hydroxyl groups excluding tert-OH is 1. The van der Waals surface area contributed by atoms with Gasteiger partial charge in [-0.1, -0.05) is 16.8 Å². The van der Waals surface area contributed by atoms with Gasteiger partial charge in [0.25, 0.3) is 0 Å². The number of anilines is 1. The van der Waals surface area contributed by atoms with Crippen LogP contribution in [0, 0.1) is 0 Å². The number of morpholine rings is 1. The minimum absolute atomic E-state index is 0.0712. The van der Waals surface area contributed by atoms with Gasteiger partial charge in [-0.25, -0.2) is 0 Å². The van der Waals surface area contributed by atoms with Crippen molar-refractivity contribution in [3.05, 3.63) is 35.2 Å². The van der Waals surface area contributed by atoms with Crippen molar-refractivity contribution in [3.63, 3.8) is 0 Å². The van der Waals surface area contributed by atoms with Crippen LogP contribution in [0.3, 0.4) is 0 Å². The molecule has 1 fully saturated rings. The van der Waals surface area contributed by atoms with Crippen LogP contribution in [0.25, 0.3) is 22.4 Å². The molecule has 0 bridgehead atoms. The fraction of sp³-hybridized carbons (Fsp3) is 0.389. The van der Waals surface area contributed by atoms with Gasteiger partial charge in [-0.3, -0.25) is 9.97 Å². The third kappa shape index (κ3) is 2.92. The van der Waals surface area contributed by atoms with Crippen LogP contribution in [0.2, 0.25) is 5.02 Å². The van der Waals surface area contributed by atoms with Gasteiger partial charge in [0.15, 0.2) is 5.58 Å². The lowest BCUT2D eigenvalue weighted by atomic mass is 10.1. The molecule has 3 aromatic rings. The van der Waals surface area contributed by atoms with Gasteiger partial charge in [-0.15, -0.1) is 0 Å². The number of ether oxygens (including phenoxy) is 1. The molecule has 26 heavy (non-hydrogen) atoms. The van der Waals surface area contributed by atoms with E-state index in [1.165, 1.54) is 0 Å². The number of rotatable bonds is 3. The molecule has 0 saturated carbocycles. The first-order chi connectivity index (χ1) is 12.6. The summed E-state index contributed by atoms with van der Waals surface area (Å²) in [6, 6.07) is 1.86. The molecule has 4 rings (SSSR count). The highest BCUT2D eigenvalue weighted by molar-refractivity contribution is 6.38. The molecular formula is C18H19ClN4O3. The fourth-order valence-corrected chi connectivity index (χ4v) is 3.89. The monoisotopic (exact) mass is 374 g/mol. The van der Waals surface area contributed by atoms with Crippen molar-refractivity contribution < 1.29 is 14.4 Å². The summed E-state index contributed by atoms with van der Waals surface area (Å²) >= 11 is 6.69. The van der Waals surface area contributed by atoms with E-state index in [0.717, 1.165) is 11.3 Å². The third-order valence-electron chi connectivity index (χ3n) is 4.47. The second kappa shape index (κ2) is 6.83. The molecular weight excluding hydrogens is 356 g/mol. The van der Waals surface area contributed by atoms with Crippen LogP contribution in [-0.2, 0) is 11.3 Å². The summed E-state index contributed by atoms with van der Waals surface area (Å²) in [4.78, 5) is 10.5. The van der Waals surface area contributed by atoms with E-state index >= 15 is 0 Å². The van der Waals surface area contributed by atoms with Gasteiger partial charge in [0.2, 0.25) is 0 Å². The van der Waals surface area contributed by atoms with Crippen LogP contribution in [0.4, 0.5) is 5.69 Å². The minimum atomic E-state index is -0.143. The number of hydrogen-bond donors (Lipinski definition) is 1. The maximum Gasteiger partial charge on any atom is 0.188 e. The first-order valence-electron chi connectivity index (χ1n) is 8.47. The van der Waals surface area contributed by atoms with Crippen molar-refractivity contribution in [1.29, 1.82) is 0 Å². The molecule has 2 aromatic heterocycles. The van der Waals surface area contributed by atoms with Crippen LogP contribution < -0.4 is 4.90 Å². The van der Waals surface area contributed by atoms with Crippen molar-refractivity contribution in [2.75, 3.05) is 18.0 Å². The smallest absolute Gasteiger partial charge is 0.188 e. The number of aromatic nitrogens is 3. The SMILES string of the molecule is CC1CN(c2c(CO)cc3c(-c4cnccn4)noc3c2Cl)CC(C)O1. The maximum absolute atomic E-state index is 9.97. The van der Waals surface area contributed by atoms with Crippen LogP contribution in [0.1, 0.15) is 19.4 Å². The van der Waals surface area contributed by atoms with E-state index in [-0.39, 0.29) is 18.8 Å². The third-order valence-corrected chi connectivity index (χ3v) is 4.82. The molecule has 1 aromatic carbocycles. The van der Waals surface area contributed by atoms with E-state index in [9.17, 15) is 5.11 Å². The van der Waals surface area contributed by atoms with Crippen molar-refractivity contribution in [3.8, 4) is 11.4 Å². The number of fused-ring (bicyclic) bond motifs is 1. The highest BCUT2D eigenvalue weighted by Gasteiger charge is 2.28. The Balaban J connectivity index is 1.86. The molecule has 2 atom stereocenters. The zero-order valence-corrected chi connectivity index (χ0v) is 15.3. The quantitative estimate of drug-likeness (QED) is 0.754. The summed E-state index contributed by atoms with van der Waals surface area (Å²) in [5.74, 6) is 0. The Morgan fingerprint density at radius 3 is 2.69 bits per heavy atom. The Labute approximate surface area is 155 Å². The minimum Gasteiger partial charge on any atom is -0.392 e. The van der Waals surface area contributed by atoms with Gasteiger partial charge >= 0.3 is 0 Å². The first-order valence-corrected chi connectivity index (χ1v) is 8.84. The molecule has 0 spiro atoms. The molecule has 1 saturated heterocycles. The van der Waals surface area contributed by atoms with Gasteiger partial charge in [-0.2, -0.15) is 0 Å². The predicted molar refractivity (Wildman–Crippen MR) is 98.2 cm³/mol. The van der Waals surface area contributed by atoms with E-state index in [0.29, 0.717) is 40.5 Å². The van der Waals surface area contributed by atoms with Crippen molar-refractivity contribution in [2.45, 2.75) is 32.7 Å². The van der Waals surface area contributed by atoms with E-state index in [4.69, 9.17) is 20.9 Å². The Hall–Kier alpha value is -2.22. The summed E-state index contributed by atoms with van der Waals surface area (Å²) in [5, 5.41) is 15.2. The fourth-order valence-electron chi connectivity index (χ4n) is 3.51. The normalized spacial score (nSPS) is 20.7. The second-order valence-corrected chi connectivity index (χ2v) is 6.90. The van der Waals surface area contributed by atoms with Crippen molar-refractivity contribution >= 4 is 28.3 Å². The number of hydrogen-bond acceptors (Lipinski definition) is 7. The molecule has 7 nitrogen and oxygen atoms in total. The van der Waals surface area contributed by atoms with E-state index in [1.807, 2.05) is 19.9 Å². The summed E-state index contributed by atoms with van der Waals surface area (Å²) < 4.78 is 11.3. The molecule has 2 unspecified atom stereocenters. The maximum atomic E-state index is 9.97. The topological polar surface area (TPSA) is 84.5 Å². The second-order valence-electron chi connectivity index (χ2n) is 6.52. The Bertz CT molecular complexity index is 921. The Kier molecular flexibility index (Phi) is 4.52. The summed E-state index contributed by atoms with van der Waals surface area (Å²) in [6.45, 7) is 5.28. The van der Waals surface area contributed by atoms with E-state index in [1.54, 1.807) is 18.6 Å². The average Bonchev–Trinajstić information content (AvgIpc) is 3.05. The molecule has 1 aliphatic rings. The largest absolute Gasteiger partial charge is 0.392 e. The predicted octanol–water partition coefficient (Wildman–Crippen LogP) is 3.04. The number of nitrogens with zero attached hydrogens (tertiary/aromatic N) is 4. The van der Waals surface area contributed by atoms with E-state index < -0.39 is 0 Å². The molecule has 0 aliphatic carbocycles. The lowest BCUT2D eigenvalue weighted by molar-refractivity contribution is -0.00531. The summed E-state index contributed by atoms with van der Waals surface area (Å²) in [5.41, 5.74) is 3.11. The van der Waals surface area contributed by atoms with Crippen LogP contribution in [0.15, 0.2) is 29.2 Å². The van der Waals surface area contributed by atoms with Crippen LogP contribution in [-0.4, -0.2) is 45.5 Å². The molecule has 0 amide bonds.